The van der Waals surface area contributed by atoms with Crippen LogP contribution in [0, 0.1) is 13.8 Å². The summed E-state index contributed by atoms with van der Waals surface area (Å²) in [6.07, 6.45) is 2.60. The highest BCUT2D eigenvalue weighted by molar-refractivity contribution is 7.88. The number of sulfonamides is 1. The Morgan fingerprint density at radius 1 is 1.03 bits per heavy atom. The summed E-state index contributed by atoms with van der Waals surface area (Å²) < 4.78 is 40.4. The van der Waals surface area contributed by atoms with Crippen LogP contribution in [0.25, 0.3) is 0 Å². The van der Waals surface area contributed by atoms with Crippen molar-refractivity contribution in [1.29, 1.82) is 0 Å². The molecule has 3 atom stereocenters. The van der Waals surface area contributed by atoms with Crippen LogP contribution in [0.1, 0.15) is 51.6 Å². The van der Waals surface area contributed by atoms with Crippen LogP contribution in [-0.2, 0) is 20.5 Å². The van der Waals surface area contributed by atoms with Crippen LogP contribution < -0.4 is 4.74 Å². The number of carbonyl (C=O) groups excluding carboxylic acids is 1. The molecule has 2 fully saturated rings. The molecule has 3 aromatic rings. The highest BCUT2D eigenvalue weighted by atomic mass is 32.2. The molecule has 0 saturated carbocycles. The fraction of sp³-hybridized carbons (Fsp3) is 0.400. The first-order valence-electron chi connectivity index (χ1n) is 13.3. The molecule has 0 aliphatic carbocycles. The maximum absolute atomic E-state index is 13.4. The average molecular weight is 550 g/mol. The number of nitrogens with zero attached hydrogens (tertiary/aromatic N) is 3. The molecule has 2 aliphatic rings. The fourth-order valence-corrected chi connectivity index (χ4v) is 7.28. The number of amides is 1. The van der Waals surface area contributed by atoms with E-state index in [4.69, 9.17) is 9.47 Å². The summed E-state index contributed by atoms with van der Waals surface area (Å²) in [4.78, 5) is 19.4. The molecule has 1 amide bonds. The molecule has 0 spiro atoms. The topological polar surface area (TPSA) is 89.0 Å². The summed E-state index contributed by atoms with van der Waals surface area (Å²) in [6, 6.07) is 18.4. The summed E-state index contributed by atoms with van der Waals surface area (Å²) in [7, 11) is -1.95. The van der Waals surface area contributed by atoms with E-state index in [0.29, 0.717) is 36.5 Å². The lowest BCUT2D eigenvalue weighted by Gasteiger charge is -2.24. The van der Waals surface area contributed by atoms with Crippen molar-refractivity contribution in [3.05, 3.63) is 94.8 Å². The van der Waals surface area contributed by atoms with Crippen LogP contribution in [0.15, 0.2) is 66.9 Å². The third kappa shape index (κ3) is 6.00. The molecule has 2 saturated heterocycles. The quantitative estimate of drug-likeness (QED) is 0.417. The zero-order chi connectivity index (χ0) is 27.6. The molecule has 9 heteroatoms. The fourth-order valence-electron chi connectivity index (χ4n) is 5.50. The van der Waals surface area contributed by atoms with Crippen LogP contribution in [0.5, 0.6) is 5.75 Å². The average Bonchev–Trinajstić information content (AvgIpc) is 3.58. The van der Waals surface area contributed by atoms with Crippen LogP contribution in [0.4, 0.5) is 0 Å². The van der Waals surface area contributed by atoms with Gasteiger partial charge < -0.3 is 14.4 Å². The lowest BCUT2D eigenvalue weighted by Crippen LogP contribution is -2.32. The van der Waals surface area contributed by atoms with Crippen molar-refractivity contribution in [3.63, 3.8) is 0 Å². The Hall–Kier alpha value is -3.27. The number of aromatic nitrogens is 1. The largest absolute Gasteiger partial charge is 0.486 e. The molecular formula is C30H35N3O5S. The van der Waals surface area contributed by atoms with Gasteiger partial charge in [0, 0.05) is 25.4 Å². The van der Waals surface area contributed by atoms with Gasteiger partial charge in [-0.25, -0.2) is 8.42 Å². The maximum Gasteiger partial charge on any atom is 0.254 e. The molecule has 3 heterocycles. The Labute approximate surface area is 230 Å². The second kappa shape index (κ2) is 11.5. The van der Waals surface area contributed by atoms with E-state index in [1.54, 1.807) is 40.7 Å². The van der Waals surface area contributed by atoms with Crippen molar-refractivity contribution in [2.45, 2.75) is 50.7 Å². The monoisotopic (exact) mass is 549 g/mol. The van der Waals surface area contributed by atoms with E-state index in [-0.39, 0.29) is 29.9 Å². The Kier molecular flexibility index (Phi) is 8.02. The molecule has 1 unspecified atom stereocenters. The third-order valence-electron chi connectivity index (χ3n) is 7.55. The minimum Gasteiger partial charge on any atom is -0.486 e. The van der Waals surface area contributed by atoms with Gasteiger partial charge in [0.1, 0.15) is 18.0 Å². The van der Waals surface area contributed by atoms with Crippen molar-refractivity contribution in [2.24, 2.45) is 0 Å². The van der Waals surface area contributed by atoms with Gasteiger partial charge >= 0.3 is 0 Å². The highest BCUT2D eigenvalue weighted by Crippen LogP contribution is 2.34. The van der Waals surface area contributed by atoms with Crippen molar-refractivity contribution >= 4 is 15.9 Å². The van der Waals surface area contributed by atoms with Gasteiger partial charge in [-0.1, -0.05) is 35.9 Å². The molecule has 2 aliphatic heterocycles. The Morgan fingerprint density at radius 2 is 1.85 bits per heavy atom. The van der Waals surface area contributed by atoms with Crippen molar-refractivity contribution < 1.29 is 22.7 Å². The normalized spacial score (nSPS) is 21.8. The van der Waals surface area contributed by atoms with E-state index in [9.17, 15) is 13.2 Å². The van der Waals surface area contributed by atoms with E-state index in [0.717, 1.165) is 29.7 Å². The van der Waals surface area contributed by atoms with E-state index in [1.807, 2.05) is 56.3 Å². The Morgan fingerprint density at radius 3 is 2.62 bits per heavy atom. The number of pyridine rings is 1. The van der Waals surface area contributed by atoms with Gasteiger partial charge in [-0.15, -0.1) is 0 Å². The summed E-state index contributed by atoms with van der Waals surface area (Å²) in [5.74, 6) is 0.388. The van der Waals surface area contributed by atoms with E-state index in [1.165, 1.54) is 0 Å². The maximum atomic E-state index is 13.4. The number of aryl methyl sites for hydroxylation is 2. The van der Waals surface area contributed by atoms with Crippen molar-refractivity contribution in [1.82, 2.24) is 14.2 Å². The number of methoxy groups -OCH3 is 1. The zero-order valence-electron chi connectivity index (χ0n) is 22.6. The van der Waals surface area contributed by atoms with Crippen LogP contribution in [-0.4, -0.2) is 67.5 Å². The minimum absolute atomic E-state index is 0.0442. The van der Waals surface area contributed by atoms with Crippen molar-refractivity contribution in [3.8, 4) is 5.75 Å². The molecule has 39 heavy (non-hydrogen) atoms. The molecular weight excluding hydrogens is 514 g/mol. The predicted molar refractivity (Wildman–Crippen MR) is 149 cm³/mol. The van der Waals surface area contributed by atoms with Gasteiger partial charge in [0.15, 0.2) is 0 Å². The van der Waals surface area contributed by atoms with Crippen LogP contribution >= 0.6 is 0 Å². The smallest absolute Gasteiger partial charge is 0.254 e. The van der Waals surface area contributed by atoms with Crippen LogP contribution in [0.2, 0.25) is 0 Å². The summed E-state index contributed by atoms with van der Waals surface area (Å²) in [6.45, 7) is 5.20. The van der Waals surface area contributed by atoms with E-state index >= 15 is 0 Å². The van der Waals surface area contributed by atoms with Crippen molar-refractivity contribution in [2.75, 3.05) is 26.7 Å². The molecule has 0 N–H and O–H groups in total. The predicted octanol–water partition coefficient (Wildman–Crippen LogP) is 4.28. The number of hydrogen-bond acceptors (Lipinski definition) is 6. The summed E-state index contributed by atoms with van der Waals surface area (Å²) in [5, 5.41) is 0. The number of hydrogen-bond donors (Lipinski definition) is 0. The molecule has 5 rings (SSSR count). The van der Waals surface area contributed by atoms with Crippen LogP contribution in [0.3, 0.4) is 0 Å². The highest BCUT2D eigenvalue weighted by Gasteiger charge is 2.38. The Balaban J connectivity index is 1.28. The van der Waals surface area contributed by atoms with E-state index in [2.05, 4.69) is 4.98 Å². The third-order valence-corrected chi connectivity index (χ3v) is 9.40. The first-order valence-corrected chi connectivity index (χ1v) is 14.9. The zero-order valence-corrected chi connectivity index (χ0v) is 23.4. The van der Waals surface area contributed by atoms with Gasteiger partial charge in [0.25, 0.3) is 5.91 Å². The van der Waals surface area contributed by atoms with Gasteiger partial charge in [-0.3, -0.25) is 9.78 Å². The Bertz CT molecular complexity index is 1430. The number of ether oxygens (including phenoxy) is 2. The second-order valence-electron chi connectivity index (χ2n) is 10.4. The molecule has 0 radical (unpaired) electrons. The lowest BCUT2D eigenvalue weighted by molar-refractivity contribution is 0.0339. The van der Waals surface area contributed by atoms with Gasteiger partial charge in [-0.05, 0) is 68.1 Å². The standard InChI is InChI=1S/C30H35N3O5S/c1-21-12-13-22(2)25(16-21)30(34)32-18-28(37-3)29(19-32)38-24-9-6-8-23(17-24)20-39(35,36)33-15-7-11-27(33)26-10-4-5-14-31-26/h4-6,8-10,12-14,16-17,27-29H,7,11,15,18-20H2,1-3H3/t27?,28-,29-/m1/s1. The number of benzene rings is 2. The molecule has 206 valence electrons. The van der Waals surface area contributed by atoms with Gasteiger partial charge in [0.2, 0.25) is 10.0 Å². The molecule has 2 aromatic carbocycles. The molecule has 1 aromatic heterocycles. The lowest BCUT2D eigenvalue weighted by atomic mass is 10.0. The van der Waals surface area contributed by atoms with Gasteiger partial charge in [-0.2, -0.15) is 4.31 Å². The number of rotatable bonds is 8. The minimum atomic E-state index is -3.57. The molecule has 8 nitrogen and oxygen atoms in total. The second-order valence-corrected chi connectivity index (χ2v) is 12.3. The van der Waals surface area contributed by atoms with Gasteiger partial charge in [0.05, 0.1) is 30.6 Å². The number of likely N-dealkylation sites (tertiary alicyclic amines) is 1. The first-order chi connectivity index (χ1) is 18.7. The molecule has 0 bridgehead atoms. The van der Waals surface area contributed by atoms with E-state index < -0.39 is 10.0 Å². The SMILES string of the molecule is CO[C@@H]1CN(C(=O)c2cc(C)ccc2C)C[C@H]1Oc1cccc(CS(=O)(=O)N2CCCC2c2ccccn2)c1. The summed E-state index contributed by atoms with van der Waals surface area (Å²) >= 11 is 0. The number of carbonyl (C=O) groups is 1. The summed E-state index contributed by atoms with van der Waals surface area (Å²) in [5.41, 5.74) is 4.08. The first kappa shape index (κ1) is 27.3.